The topological polar surface area (TPSA) is 46.2 Å². The first-order chi connectivity index (χ1) is 6.75. The normalized spacial score (nSPS) is 11.5. The van der Waals surface area contributed by atoms with E-state index in [2.05, 4.69) is 10.2 Å². The summed E-state index contributed by atoms with van der Waals surface area (Å²) in [5.41, 5.74) is 2.77. The summed E-state index contributed by atoms with van der Waals surface area (Å²) < 4.78 is 8.04. The third kappa shape index (κ3) is 0.871. The van der Waals surface area contributed by atoms with Gasteiger partial charge >= 0.3 is 0 Å². The van der Waals surface area contributed by atoms with Gasteiger partial charge in [-0.2, -0.15) is 5.10 Å². The highest BCUT2D eigenvalue weighted by atomic mass is 32.1. The molecule has 14 heavy (non-hydrogen) atoms. The zero-order chi connectivity index (χ0) is 9.71. The molecule has 0 atom stereocenters. The third-order valence-electron chi connectivity index (χ3n) is 2.22. The van der Waals surface area contributed by atoms with Gasteiger partial charge < -0.3 is 4.42 Å². The van der Waals surface area contributed by atoms with Gasteiger partial charge in [-0.25, -0.2) is 0 Å². The van der Waals surface area contributed by atoms with Crippen LogP contribution >= 0.6 is 12.2 Å². The van der Waals surface area contributed by atoms with Crippen LogP contribution in [0.25, 0.3) is 16.6 Å². The van der Waals surface area contributed by atoms with Crippen molar-refractivity contribution in [2.24, 2.45) is 0 Å². The molecule has 4 nitrogen and oxygen atoms in total. The fraction of sp³-hybridized carbons (Fsp3) is 0.111. The molecule has 0 aromatic carbocycles. The van der Waals surface area contributed by atoms with Crippen molar-refractivity contribution in [3.05, 3.63) is 28.9 Å². The quantitative estimate of drug-likeness (QED) is 0.573. The van der Waals surface area contributed by atoms with Gasteiger partial charge in [-0.15, -0.1) is 0 Å². The Morgan fingerprint density at radius 1 is 1.43 bits per heavy atom. The molecule has 0 aliphatic rings. The zero-order valence-electron chi connectivity index (χ0n) is 7.44. The van der Waals surface area contributed by atoms with Gasteiger partial charge in [-0.3, -0.25) is 9.50 Å². The highest BCUT2D eigenvalue weighted by molar-refractivity contribution is 7.71. The largest absolute Gasteiger partial charge is 0.460 e. The first kappa shape index (κ1) is 7.75. The van der Waals surface area contributed by atoms with Crippen LogP contribution in [0.15, 0.2) is 22.9 Å². The summed E-state index contributed by atoms with van der Waals surface area (Å²) in [4.78, 5) is 0. The van der Waals surface area contributed by atoms with Crippen LogP contribution < -0.4 is 0 Å². The van der Waals surface area contributed by atoms with Crippen LogP contribution in [0.1, 0.15) is 5.76 Å². The van der Waals surface area contributed by atoms with Gasteiger partial charge in [-0.05, 0) is 6.92 Å². The van der Waals surface area contributed by atoms with Gasteiger partial charge in [0.15, 0.2) is 5.58 Å². The molecule has 0 fully saturated rings. The molecule has 3 rings (SSSR count). The fourth-order valence-electron chi connectivity index (χ4n) is 1.64. The molecule has 3 heterocycles. The Labute approximate surface area is 84.2 Å². The maximum absolute atomic E-state index is 5.50. The molecule has 5 heteroatoms. The molecule has 0 bridgehead atoms. The van der Waals surface area contributed by atoms with Crippen molar-refractivity contribution >= 4 is 28.8 Å². The number of hydrogen-bond donors (Lipinski definition) is 1. The van der Waals surface area contributed by atoms with E-state index in [-0.39, 0.29) is 0 Å². The van der Waals surface area contributed by atoms with Crippen molar-refractivity contribution < 1.29 is 4.42 Å². The van der Waals surface area contributed by atoms with Gasteiger partial charge in [0.25, 0.3) is 0 Å². The average molecular weight is 205 g/mol. The lowest BCUT2D eigenvalue weighted by molar-refractivity contribution is 0.579. The molecule has 3 aromatic heterocycles. The van der Waals surface area contributed by atoms with Crippen molar-refractivity contribution in [2.45, 2.75) is 6.92 Å². The number of fused-ring (bicyclic) bond motifs is 3. The summed E-state index contributed by atoms with van der Waals surface area (Å²) in [7, 11) is 0. The van der Waals surface area contributed by atoms with E-state index in [0.29, 0.717) is 4.64 Å². The molecule has 0 unspecified atom stereocenters. The Bertz CT molecular complexity index is 676. The van der Waals surface area contributed by atoms with Crippen LogP contribution in [0, 0.1) is 11.6 Å². The number of rotatable bonds is 0. The minimum absolute atomic E-state index is 0.622. The second kappa shape index (κ2) is 2.45. The van der Waals surface area contributed by atoms with E-state index in [0.717, 1.165) is 22.4 Å². The number of aromatic amines is 1. The molecule has 0 saturated heterocycles. The van der Waals surface area contributed by atoms with E-state index >= 15 is 0 Å². The molecule has 0 saturated carbocycles. The van der Waals surface area contributed by atoms with Crippen LogP contribution in [-0.2, 0) is 0 Å². The van der Waals surface area contributed by atoms with Crippen molar-refractivity contribution in [3.8, 4) is 0 Å². The number of nitrogens with zero attached hydrogens (tertiary/aromatic N) is 2. The summed E-state index contributed by atoms with van der Waals surface area (Å²) in [6.45, 7) is 1.92. The van der Waals surface area contributed by atoms with Gasteiger partial charge in [-0.1, -0.05) is 12.2 Å². The summed E-state index contributed by atoms with van der Waals surface area (Å²) in [5, 5.41) is 6.68. The van der Waals surface area contributed by atoms with Crippen molar-refractivity contribution in [3.63, 3.8) is 0 Å². The second-order valence-electron chi connectivity index (χ2n) is 3.19. The predicted octanol–water partition coefficient (Wildman–Crippen LogP) is 2.45. The molecule has 0 amide bonds. The van der Waals surface area contributed by atoms with Crippen molar-refractivity contribution in [1.29, 1.82) is 0 Å². The minimum Gasteiger partial charge on any atom is -0.460 e. The van der Waals surface area contributed by atoms with E-state index < -0.39 is 0 Å². The molecule has 0 aliphatic heterocycles. The standard InChI is InChI=1S/C9H7N3OS/c1-5-2-6-8(13-5)3-7-9(14)11-10-4-12(6)7/h2-4H,1H3,(H,11,14). The third-order valence-corrected chi connectivity index (χ3v) is 2.52. The number of aromatic nitrogens is 3. The van der Waals surface area contributed by atoms with Crippen LogP contribution in [0.4, 0.5) is 0 Å². The van der Waals surface area contributed by atoms with E-state index in [1.54, 1.807) is 6.33 Å². The first-order valence-corrected chi connectivity index (χ1v) is 4.61. The van der Waals surface area contributed by atoms with Gasteiger partial charge in [0.05, 0.1) is 11.0 Å². The smallest absolute Gasteiger partial charge is 0.153 e. The number of aryl methyl sites for hydroxylation is 1. The van der Waals surface area contributed by atoms with Crippen molar-refractivity contribution in [2.75, 3.05) is 0 Å². The summed E-state index contributed by atoms with van der Waals surface area (Å²) >= 11 is 5.11. The molecule has 1 N–H and O–H groups in total. The summed E-state index contributed by atoms with van der Waals surface area (Å²) in [6, 6.07) is 3.89. The fourth-order valence-corrected chi connectivity index (χ4v) is 1.85. The second-order valence-corrected chi connectivity index (χ2v) is 3.60. The van der Waals surface area contributed by atoms with Gasteiger partial charge in [0, 0.05) is 12.1 Å². The van der Waals surface area contributed by atoms with Crippen LogP contribution in [0.5, 0.6) is 0 Å². The van der Waals surface area contributed by atoms with Gasteiger partial charge in [0.1, 0.15) is 16.7 Å². The maximum atomic E-state index is 5.50. The van der Waals surface area contributed by atoms with Crippen LogP contribution in [0.3, 0.4) is 0 Å². The van der Waals surface area contributed by atoms with Crippen LogP contribution in [0.2, 0.25) is 0 Å². The highest BCUT2D eigenvalue weighted by Crippen LogP contribution is 2.22. The van der Waals surface area contributed by atoms with E-state index in [1.165, 1.54) is 0 Å². The number of hydrogen-bond acceptors (Lipinski definition) is 3. The molecule has 3 aromatic rings. The maximum Gasteiger partial charge on any atom is 0.153 e. The average Bonchev–Trinajstić information content (AvgIpc) is 2.63. The monoisotopic (exact) mass is 205 g/mol. The summed E-state index contributed by atoms with van der Waals surface area (Å²) in [6.07, 6.45) is 1.70. The zero-order valence-corrected chi connectivity index (χ0v) is 8.26. The predicted molar refractivity (Wildman–Crippen MR) is 54.9 cm³/mol. The lowest BCUT2D eigenvalue weighted by Gasteiger charge is -1.92. The van der Waals surface area contributed by atoms with Crippen molar-refractivity contribution in [1.82, 2.24) is 14.6 Å². The Morgan fingerprint density at radius 3 is 3.14 bits per heavy atom. The first-order valence-electron chi connectivity index (χ1n) is 4.20. The number of nitrogens with one attached hydrogen (secondary N) is 1. The Kier molecular flexibility index (Phi) is 1.36. The van der Waals surface area contributed by atoms with E-state index in [1.807, 2.05) is 23.5 Å². The lowest BCUT2D eigenvalue weighted by Crippen LogP contribution is -1.89. The highest BCUT2D eigenvalue weighted by Gasteiger charge is 2.07. The molecule has 70 valence electrons. The Balaban J connectivity index is 2.65. The molecule has 0 aliphatic carbocycles. The summed E-state index contributed by atoms with van der Waals surface area (Å²) in [5.74, 6) is 0.892. The Morgan fingerprint density at radius 2 is 2.29 bits per heavy atom. The molecule has 0 spiro atoms. The van der Waals surface area contributed by atoms with E-state index in [9.17, 15) is 0 Å². The minimum atomic E-state index is 0.622. The molecular weight excluding hydrogens is 198 g/mol. The molecule has 0 radical (unpaired) electrons. The number of H-pyrrole nitrogens is 1. The molecular formula is C9H7N3OS. The Hall–Kier alpha value is -1.62. The lowest BCUT2D eigenvalue weighted by atomic mass is 10.4. The van der Waals surface area contributed by atoms with E-state index in [4.69, 9.17) is 16.6 Å². The van der Waals surface area contributed by atoms with Gasteiger partial charge in [0.2, 0.25) is 0 Å². The number of furan rings is 1. The van der Waals surface area contributed by atoms with Crippen LogP contribution in [-0.4, -0.2) is 14.6 Å². The SMILES string of the molecule is Cc1cc2c(cc3c(=S)[nH]ncn32)o1.